The van der Waals surface area contributed by atoms with Gasteiger partial charge in [-0.3, -0.25) is 4.79 Å². The Morgan fingerprint density at radius 3 is 2.57 bits per heavy atom. The van der Waals surface area contributed by atoms with E-state index in [1.807, 2.05) is 0 Å². The number of hydrogen-bond donors (Lipinski definition) is 1. The fraction of sp³-hybridized carbons (Fsp3) is 0.385. The molecule has 0 radical (unpaired) electrons. The molecule has 1 atom stereocenters. The van der Waals surface area contributed by atoms with E-state index in [9.17, 15) is 27.2 Å². The van der Waals surface area contributed by atoms with Crippen molar-refractivity contribution >= 4 is 11.9 Å². The lowest BCUT2D eigenvalue weighted by molar-refractivity contribution is -0.146. The van der Waals surface area contributed by atoms with Crippen molar-refractivity contribution in [1.29, 1.82) is 0 Å². The van der Waals surface area contributed by atoms with Crippen LogP contribution in [0, 0.1) is 5.82 Å². The van der Waals surface area contributed by atoms with Crippen molar-refractivity contribution in [3.63, 3.8) is 0 Å². The highest BCUT2D eigenvalue weighted by molar-refractivity contribution is 5.87. The Labute approximate surface area is 117 Å². The van der Waals surface area contributed by atoms with Gasteiger partial charge in [0.2, 0.25) is 5.91 Å². The van der Waals surface area contributed by atoms with Gasteiger partial charge in [0, 0.05) is 13.0 Å². The van der Waals surface area contributed by atoms with Crippen LogP contribution in [0.25, 0.3) is 0 Å². The summed E-state index contributed by atoms with van der Waals surface area (Å²) in [6, 6.07) is 0.840. The van der Waals surface area contributed by atoms with E-state index in [1.165, 1.54) is 0 Å². The summed E-state index contributed by atoms with van der Waals surface area (Å²) in [5, 5.41) is 8.97. The third kappa shape index (κ3) is 3.32. The Morgan fingerprint density at radius 1 is 1.33 bits per heavy atom. The standard InChI is InChI=1S/C13H11F4NO3/c14-9-4-7(3-8(5-9)13(15,16)17)6-18-10(12(20)21)1-2-11(18)19/h3-5,10H,1-2,6H2,(H,20,21). The third-order valence-electron chi connectivity index (χ3n) is 3.25. The predicted molar refractivity (Wildman–Crippen MR) is 62.6 cm³/mol. The zero-order chi connectivity index (χ0) is 15.8. The van der Waals surface area contributed by atoms with Crippen LogP contribution in [0.2, 0.25) is 0 Å². The number of nitrogens with zero attached hydrogens (tertiary/aromatic N) is 1. The number of carbonyl (C=O) groups excluding carboxylic acids is 1. The molecule has 1 aliphatic heterocycles. The van der Waals surface area contributed by atoms with Crippen LogP contribution in [0.5, 0.6) is 0 Å². The van der Waals surface area contributed by atoms with Crippen LogP contribution in [0.1, 0.15) is 24.0 Å². The fourth-order valence-corrected chi connectivity index (χ4v) is 2.29. The lowest BCUT2D eigenvalue weighted by atomic mass is 10.1. The molecule has 1 aromatic rings. The average Bonchev–Trinajstić information content (AvgIpc) is 2.69. The van der Waals surface area contributed by atoms with Crippen LogP contribution in [0.15, 0.2) is 18.2 Å². The molecule has 1 aliphatic rings. The normalized spacial score (nSPS) is 19.1. The molecule has 21 heavy (non-hydrogen) atoms. The fourth-order valence-electron chi connectivity index (χ4n) is 2.29. The molecule has 0 spiro atoms. The van der Waals surface area contributed by atoms with Gasteiger partial charge in [0.1, 0.15) is 11.9 Å². The molecule has 0 saturated carbocycles. The number of carbonyl (C=O) groups is 2. The Balaban J connectivity index is 2.29. The van der Waals surface area contributed by atoms with Crippen molar-refractivity contribution < 1.29 is 32.3 Å². The SMILES string of the molecule is O=C(O)C1CCC(=O)N1Cc1cc(F)cc(C(F)(F)F)c1. The highest BCUT2D eigenvalue weighted by atomic mass is 19.4. The van der Waals surface area contributed by atoms with Crippen LogP contribution < -0.4 is 0 Å². The Hall–Kier alpha value is -2.12. The van der Waals surface area contributed by atoms with E-state index in [4.69, 9.17) is 5.11 Å². The molecule has 1 aromatic carbocycles. The number of hydrogen-bond acceptors (Lipinski definition) is 2. The smallest absolute Gasteiger partial charge is 0.416 e. The molecule has 0 bridgehead atoms. The van der Waals surface area contributed by atoms with Gasteiger partial charge >= 0.3 is 12.1 Å². The summed E-state index contributed by atoms with van der Waals surface area (Å²) in [5.41, 5.74) is -1.26. The van der Waals surface area contributed by atoms with E-state index in [2.05, 4.69) is 0 Å². The number of rotatable bonds is 3. The van der Waals surface area contributed by atoms with E-state index >= 15 is 0 Å². The first kappa shape index (κ1) is 15.3. The summed E-state index contributed by atoms with van der Waals surface area (Å²) in [5.74, 6) is -2.79. The second kappa shape index (κ2) is 5.34. The summed E-state index contributed by atoms with van der Waals surface area (Å²) in [4.78, 5) is 23.6. The maximum atomic E-state index is 13.3. The molecule has 1 amide bonds. The first-order valence-corrected chi connectivity index (χ1v) is 6.07. The minimum atomic E-state index is -4.71. The van der Waals surface area contributed by atoms with Crippen molar-refractivity contribution in [2.45, 2.75) is 31.6 Å². The number of likely N-dealkylation sites (tertiary alicyclic amines) is 1. The molecule has 4 nitrogen and oxygen atoms in total. The Bertz CT molecular complexity index is 585. The number of halogens is 4. The molecule has 114 valence electrons. The highest BCUT2D eigenvalue weighted by Gasteiger charge is 2.36. The molecule has 8 heteroatoms. The summed E-state index contributed by atoms with van der Waals surface area (Å²) < 4.78 is 51.1. The average molecular weight is 305 g/mol. The molecular weight excluding hydrogens is 294 g/mol. The van der Waals surface area contributed by atoms with E-state index in [0.29, 0.717) is 12.1 Å². The van der Waals surface area contributed by atoms with E-state index in [1.54, 1.807) is 0 Å². The van der Waals surface area contributed by atoms with Crippen molar-refractivity contribution in [1.82, 2.24) is 4.90 Å². The highest BCUT2D eigenvalue weighted by Crippen LogP contribution is 2.31. The van der Waals surface area contributed by atoms with Gasteiger partial charge in [0.05, 0.1) is 5.56 Å². The van der Waals surface area contributed by atoms with Crippen molar-refractivity contribution in [3.05, 3.63) is 35.1 Å². The number of amides is 1. The Kier molecular flexibility index (Phi) is 3.89. The minimum absolute atomic E-state index is 0.0123. The zero-order valence-electron chi connectivity index (χ0n) is 10.7. The quantitative estimate of drug-likeness (QED) is 0.873. The number of carboxylic acid groups (broad SMARTS) is 1. The van der Waals surface area contributed by atoms with Crippen molar-refractivity contribution in [2.24, 2.45) is 0 Å². The van der Waals surface area contributed by atoms with Gasteiger partial charge in [-0.1, -0.05) is 0 Å². The Morgan fingerprint density at radius 2 is 2.00 bits per heavy atom. The topological polar surface area (TPSA) is 57.6 Å². The van der Waals surface area contributed by atoms with Crippen LogP contribution in [0.4, 0.5) is 17.6 Å². The predicted octanol–water partition coefficient (Wildman–Crippen LogP) is 2.42. The summed E-state index contributed by atoms with van der Waals surface area (Å²) >= 11 is 0. The molecule has 1 heterocycles. The maximum Gasteiger partial charge on any atom is 0.416 e. The molecule has 0 aliphatic carbocycles. The van der Waals surface area contributed by atoms with E-state index < -0.39 is 35.5 Å². The molecule has 2 rings (SSSR count). The number of alkyl halides is 3. The second-order valence-corrected chi connectivity index (χ2v) is 4.76. The first-order valence-electron chi connectivity index (χ1n) is 6.07. The number of carboxylic acids is 1. The molecular formula is C13H11F4NO3. The van der Waals surface area contributed by atoms with Gasteiger partial charge in [0.25, 0.3) is 0 Å². The summed E-state index contributed by atoms with van der Waals surface area (Å²) in [7, 11) is 0. The maximum absolute atomic E-state index is 13.3. The van der Waals surface area contributed by atoms with Gasteiger partial charge in [-0.05, 0) is 30.2 Å². The molecule has 1 N–H and O–H groups in total. The molecule has 1 fully saturated rings. The van der Waals surface area contributed by atoms with E-state index in [-0.39, 0.29) is 24.9 Å². The zero-order valence-corrected chi connectivity index (χ0v) is 10.7. The third-order valence-corrected chi connectivity index (χ3v) is 3.25. The van der Waals surface area contributed by atoms with Crippen molar-refractivity contribution in [3.8, 4) is 0 Å². The molecule has 1 unspecified atom stereocenters. The lowest BCUT2D eigenvalue weighted by Crippen LogP contribution is -2.38. The molecule has 1 saturated heterocycles. The monoisotopic (exact) mass is 305 g/mol. The van der Waals surface area contributed by atoms with Crippen LogP contribution >= 0.6 is 0 Å². The largest absolute Gasteiger partial charge is 0.480 e. The van der Waals surface area contributed by atoms with Gasteiger partial charge in [0.15, 0.2) is 0 Å². The van der Waals surface area contributed by atoms with Crippen LogP contribution in [-0.4, -0.2) is 27.9 Å². The summed E-state index contributed by atoms with van der Waals surface area (Å²) in [6.45, 7) is -0.364. The lowest BCUT2D eigenvalue weighted by Gasteiger charge is -2.22. The minimum Gasteiger partial charge on any atom is -0.480 e. The first-order chi connectivity index (χ1) is 9.68. The van der Waals surface area contributed by atoms with Gasteiger partial charge in [-0.15, -0.1) is 0 Å². The van der Waals surface area contributed by atoms with Gasteiger partial charge < -0.3 is 10.0 Å². The van der Waals surface area contributed by atoms with Crippen molar-refractivity contribution in [2.75, 3.05) is 0 Å². The second-order valence-electron chi connectivity index (χ2n) is 4.76. The summed E-state index contributed by atoms with van der Waals surface area (Å²) in [6.07, 6.45) is -4.61. The number of aliphatic carboxylic acids is 1. The van der Waals surface area contributed by atoms with Crippen LogP contribution in [-0.2, 0) is 22.3 Å². The molecule has 0 aromatic heterocycles. The van der Waals surface area contributed by atoms with Gasteiger partial charge in [-0.25, -0.2) is 9.18 Å². The van der Waals surface area contributed by atoms with E-state index in [0.717, 1.165) is 11.0 Å². The van der Waals surface area contributed by atoms with Crippen LogP contribution in [0.3, 0.4) is 0 Å². The number of benzene rings is 1. The van der Waals surface area contributed by atoms with Gasteiger partial charge in [-0.2, -0.15) is 13.2 Å².